The normalized spacial score (nSPS) is 20.2. The van der Waals surface area contributed by atoms with E-state index in [9.17, 15) is 14.4 Å². The zero-order chi connectivity index (χ0) is 12.6. The number of piperidine rings is 1. The minimum absolute atomic E-state index is 0.232. The lowest BCUT2D eigenvalue weighted by Gasteiger charge is -2.25. The second kappa shape index (κ2) is 4.16. The Labute approximate surface area is 98.8 Å². The van der Waals surface area contributed by atoms with Crippen LogP contribution in [0.5, 0.6) is 0 Å². The van der Waals surface area contributed by atoms with Crippen molar-refractivity contribution in [3.63, 3.8) is 0 Å². The van der Waals surface area contributed by atoms with Crippen molar-refractivity contribution >= 4 is 18.1 Å². The van der Waals surface area contributed by atoms with Crippen molar-refractivity contribution in [3.8, 4) is 0 Å². The van der Waals surface area contributed by atoms with Gasteiger partial charge in [-0.05, 0) is 26.3 Å². The molecule has 1 aliphatic rings. The van der Waals surface area contributed by atoms with Gasteiger partial charge in [0, 0.05) is 23.4 Å². The Kier molecular flexibility index (Phi) is 2.83. The van der Waals surface area contributed by atoms with E-state index in [2.05, 4.69) is 5.32 Å². The molecule has 90 valence electrons. The summed E-state index contributed by atoms with van der Waals surface area (Å²) in [7, 11) is 0. The van der Waals surface area contributed by atoms with E-state index in [0.717, 1.165) is 17.7 Å². The Balaban J connectivity index is 2.40. The molecule has 0 aromatic carbocycles. The van der Waals surface area contributed by atoms with Crippen LogP contribution in [0.4, 0.5) is 0 Å². The molecule has 0 saturated carbocycles. The van der Waals surface area contributed by atoms with Crippen LogP contribution in [0, 0.1) is 13.8 Å². The first-order chi connectivity index (χ1) is 8.04. The molecule has 1 unspecified atom stereocenters. The van der Waals surface area contributed by atoms with Crippen LogP contribution in [-0.4, -0.2) is 22.7 Å². The minimum atomic E-state index is -0.388. The molecule has 5 nitrogen and oxygen atoms in total. The summed E-state index contributed by atoms with van der Waals surface area (Å²) >= 11 is 0. The predicted octanol–water partition coefficient (Wildman–Crippen LogP) is 0.895. The highest BCUT2D eigenvalue weighted by molar-refractivity contribution is 5.99. The number of amides is 2. The van der Waals surface area contributed by atoms with Crippen LogP contribution in [0.3, 0.4) is 0 Å². The number of hydrogen-bond donors (Lipinski definition) is 1. The van der Waals surface area contributed by atoms with E-state index < -0.39 is 0 Å². The number of nitrogens with zero attached hydrogens (tertiary/aromatic N) is 1. The predicted molar refractivity (Wildman–Crippen MR) is 60.7 cm³/mol. The molecular formula is C12H14N2O3. The van der Waals surface area contributed by atoms with Crippen molar-refractivity contribution in [2.24, 2.45) is 0 Å². The highest BCUT2D eigenvalue weighted by atomic mass is 16.2. The third kappa shape index (κ3) is 1.88. The summed E-state index contributed by atoms with van der Waals surface area (Å²) in [6.45, 7) is 3.66. The molecule has 1 fully saturated rings. The van der Waals surface area contributed by atoms with Crippen molar-refractivity contribution in [2.75, 3.05) is 0 Å². The van der Waals surface area contributed by atoms with Gasteiger partial charge in [0.2, 0.25) is 11.8 Å². The molecular weight excluding hydrogens is 220 g/mol. The summed E-state index contributed by atoms with van der Waals surface area (Å²) in [4.78, 5) is 33.7. The molecule has 0 bridgehead atoms. The first kappa shape index (κ1) is 11.6. The number of nitrogens with one attached hydrogen (secondary N) is 1. The van der Waals surface area contributed by atoms with Crippen LogP contribution in [0.2, 0.25) is 0 Å². The van der Waals surface area contributed by atoms with E-state index in [0.29, 0.717) is 18.4 Å². The molecule has 1 aliphatic heterocycles. The Bertz CT molecular complexity index is 502. The first-order valence-corrected chi connectivity index (χ1v) is 5.52. The Morgan fingerprint density at radius 2 is 2.12 bits per heavy atom. The molecule has 1 atom stereocenters. The van der Waals surface area contributed by atoms with Gasteiger partial charge in [-0.25, -0.2) is 0 Å². The van der Waals surface area contributed by atoms with Crippen LogP contribution in [0.25, 0.3) is 0 Å². The molecule has 2 rings (SSSR count). The second-order valence-electron chi connectivity index (χ2n) is 4.28. The summed E-state index contributed by atoms with van der Waals surface area (Å²) < 4.78 is 1.82. The molecule has 2 amide bonds. The number of carbonyl (C=O) groups excluding carboxylic acids is 3. The van der Waals surface area contributed by atoms with Crippen molar-refractivity contribution in [1.82, 2.24) is 9.88 Å². The number of carbonyl (C=O) groups is 3. The molecule has 0 radical (unpaired) electrons. The van der Waals surface area contributed by atoms with Crippen LogP contribution in [-0.2, 0) is 9.59 Å². The fourth-order valence-corrected chi connectivity index (χ4v) is 2.33. The van der Waals surface area contributed by atoms with Gasteiger partial charge < -0.3 is 4.57 Å². The van der Waals surface area contributed by atoms with Crippen molar-refractivity contribution in [2.45, 2.75) is 32.7 Å². The summed E-state index contributed by atoms with van der Waals surface area (Å²) in [6.07, 6.45) is 1.61. The van der Waals surface area contributed by atoms with Crippen LogP contribution in [0.1, 0.15) is 40.6 Å². The van der Waals surface area contributed by atoms with Gasteiger partial charge in [-0.1, -0.05) is 0 Å². The fourth-order valence-electron chi connectivity index (χ4n) is 2.33. The maximum absolute atomic E-state index is 11.8. The summed E-state index contributed by atoms with van der Waals surface area (Å²) in [5.74, 6) is -0.523. The minimum Gasteiger partial charge on any atom is -0.336 e. The van der Waals surface area contributed by atoms with Crippen LogP contribution < -0.4 is 5.32 Å². The van der Waals surface area contributed by atoms with Gasteiger partial charge >= 0.3 is 0 Å². The SMILES string of the molecule is Cc1cc(C=O)c(C)n1C1CCC(=O)NC1=O. The zero-order valence-electron chi connectivity index (χ0n) is 9.82. The number of aromatic nitrogens is 1. The third-order valence-electron chi connectivity index (χ3n) is 3.17. The summed E-state index contributed by atoms with van der Waals surface area (Å²) in [6, 6.07) is 1.37. The van der Waals surface area contributed by atoms with E-state index in [1.165, 1.54) is 0 Å². The Morgan fingerprint density at radius 3 is 2.65 bits per heavy atom. The molecule has 1 N–H and O–H groups in total. The second-order valence-corrected chi connectivity index (χ2v) is 4.28. The smallest absolute Gasteiger partial charge is 0.249 e. The van der Waals surface area contributed by atoms with Gasteiger partial charge in [0.05, 0.1) is 0 Å². The monoisotopic (exact) mass is 234 g/mol. The van der Waals surface area contributed by atoms with Gasteiger partial charge in [-0.2, -0.15) is 0 Å². The lowest BCUT2D eigenvalue weighted by Crippen LogP contribution is -2.42. The molecule has 17 heavy (non-hydrogen) atoms. The van der Waals surface area contributed by atoms with E-state index >= 15 is 0 Å². The molecule has 1 aromatic heterocycles. The summed E-state index contributed by atoms with van der Waals surface area (Å²) in [5.41, 5.74) is 2.22. The molecule has 2 heterocycles. The van der Waals surface area contributed by atoms with E-state index in [-0.39, 0.29) is 17.9 Å². The number of rotatable bonds is 2. The standard InChI is InChI=1S/C12H14N2O3/c1-7-5-9(6-15)8(2)14(7)10-3-4-11(16)13-12(10)17/h5-6,10H,3-4H2,1-2H3,(H,13,16,17). The average molecular weight is 234 g/mol. The number of hydrogen-bond acceptors (Lipinski definition) is 3. The van der Waals surface area contributed by atoms with Crippen molar-refractivity contribution < 1.29 is 14.4 Å². The first-order valence-electron chi connectivity index (χ1n) is 5.52. The average Bonchev–Trinajstić information content (AvgIpc) is 2.55. The molecule has 0 spiro atoms. The lowest BCUT2D eigenvalue weighted by molar-refractivity contribution is -0.135. The molecule has 0 aliphatic carbocycles. The quantitative estimate of drug-likeness (QED) is 0.610. The molecule has 1 aromatic rings. The fraction of sp³-hybridized carbons (Fsp3) is 0.417. The number of aryl methyl sites for hydroxylation is 1. The van der Waals surface area contributed by atoms with Crippen molar-refractivity contribution in [3.05, 3.63) is 23.0 Å². The highest BCUT2D eigenvalue weighted by Crippen LogP contribution is 2.25. The molecule has 1 saturated heterocycles. The van der Waals surface area contributed by atoms with Gasteiger partial charge in [0.15, 0.2) is 6.29 Å². The highest BCUT2D eigenvalue weighted by Gasteiger charge is 2.30. The van der Waals surface area contributed by atoms with E-state index in [1.54, 1.807) is 13.0 Å². The lowest BCUT2D eigenvalue weighted by atomic mass is 10.1. The van der Waals surface area contributed by atoms with Gasteiger partial charge in [-0.3, -0.25) is 19.7 Å². The Morgan fingerprint density at radius 1 is 1.41 bits per heavy atom. The van der Waals surface area contributed by atoms with Gasteiger partial charge in [0.1, 0.15) is 6.04 Å². The largest absolute Gasteiger partial charge is 0.336 e. The Hall–Kier alpha value is -1.91. The van der Waals surface area contributed by atoms with E-state index in [1.807, 2.05) is 11.5 Å². The van der Waals surface area contributed by atoms with Crippen molar-refractivity contribution in [1.29, 1.82) is 0 Å². The maximum atomic E-state index is 11.8. The topological polar surface area (TPSA) is 68.2 Å². The zero-order valence-corrected chi connectivity index (χ0v) is 9.82. The van der Waals surface area contributed by atoms with Gasteiger partial charge in [-0.15, -0.1) is 0 Å². The third-order valence-corrected chi connectivity index (χ3v) is 3.17. The maximum Gasteiger partial charge on any atom is 0.249 e. The number of imide groups is 1. The van der Waals surface area contributed by atoms with E-state index in [4.69, 9.17) is 0 Å². The van der Waals surface area contributed by atoms with Gasteiger partial charge in [0.25, 0.3) is 0 Å². The molecule has 5 heteroatoms. The van der Waals surface area contributed by atoms with Crippen LogP contribution in [0.15, 0.2) is 6.07 Å². The van der Waals surface area contributed by atoms with Crippen LogP contribution >= 0.6 is 0 Å². The summed E-state index contributed by atoms with van der Waals surface area (Å²) in [5, 5.41) is 2.32. The number of aldehydes is 1.